The molecule has 3 heterocycles. The molecule has 1 unspecified atom stereocenters. The first-order valence-electron chi connectivity index (χ1n) is 11.0. The minimum Gasteiger partial charge on any atom is -0.385 e. The fourth-order valence-corrected chi connectivity index (χ4v) is 4.11. The maximum Gasteiger partial charge on any atom is 0.258 e. The minimum atomic E-state index is -0.377. The number of ether oxygens (including phenoxy) is 1. The molecule has 0 radical (unpaired) electrons. The standard InChI is InChI=1S/C24H26N6O3/c1-16-6-4-9-29(16)23(32)19-13-20-21(26-15-19)30(10-5-11-33-2)24(27-20)28-22(31)18-8-3-7-17(12-18)14-25/h3,7-8,12-13,15-16H,4-6,9-11H2,1-2H3,(H,27,28,31). The molecule has 170 valence electrons. The van der Waals surface area contributed by atoms with Gasteiger partial charge in [0.1, 0.15) is 5.52 Å². The van der Waals surface area contributed by atoms with Gasteiger partial charge in [-0.3, -0.25) is 19.5 Å². The molecule has 0 aliphatic carbocycles. The number of rotatable bonds is 7. The molecule has 1 atom stereocenters. The van der Waals surface area contributed by atoms with Crippen LogP contribution >= 0.6 is 0 Å². The number of hydrogen-bond donors (Lipinski definition) is 1. The number of imidazole rings is 1. The maximum absolute atomic E-state index is 13.0. The Morgan fingerprint density at radius 2 is 2.15 bits per heavy atom. The fraction of sp³-hybridized carbons (Fsp3) is 0.375. The average Bonchev–Trinajstić information content (AvgIpc) is 3.41. The van der Waals surface area contributed by atoms with E-state index >= 15 is 0 Å². The van der Waals surface area contributed by atoms with Crippen molar-refractivity contribution in [1.82, 2.24) is 19.4 Å². The maximum atomic E-state index is 13.0. The van der Waals surface area contributed by atoms with E-state index in [1.165, 1.54) is 6.07 Å². The number of carbonyl (C=O) groups is 2. The van der Waals surface area contributed by atoms with Crippen LogP contribution in [0.2, 0.25) is 0 Å². The molecule has 1 aromatic carbocycles. The zero-order valence-corrected chi connectivity index (χ0v) is 18.7. The Kier molecular flexibility index (Phi) is 6.66. The predicted octanol–water partition coefficient (Wildman–Crippen LogP) is 3.22. The first-order chi connectivity index (χ1) is 16.0. The number of pyridine rings is 1. The van der Waals surface area contributed by atoms with Crippen LogP contribution < -0.4 is 5.32 Å². The molecule has 1 N–H and O–H groups in total. The number of amides is 2. The summed E-state index contributed by atoms with van der Waals surface area (Å²) < 4.78 is 6.98. The molecule has 1 aliphatic heterocycles. The van der Waals surface area contributed by atoms with Crippen LogP contribution in [0.15, 0.2) is 36.5 Å². The van der Waals surface area contributed by atoms with Crippen molar-refractivity contribution in [3.63, 3.8) is 0 Å². The molecule has 0 bridgehead atoms. The van der Waals surface area contributed by atoms with Gasteiger partial charge in [0.05, 0.1) is 17.2 Å². The van der Waals surface area contributed by atoms with Gasteiger partial charge < -0.3 is 9.64 Å². The van der Waals surface area contributed by atoms with E-state index in [0.29, 0.717) is 53.4 Å². The smallest absolute Gasteiger partial charge is 0.258 e. The van der Waals surface area contributed by atoms with E-state index in [-0.39, 0.29) is 17.9 Å². The SMILES string of the molecule is COCCCn1c(NC(=O)c2cccc(C#N)c2)nc2cc(C(=O)N3CCCC3C)cnc21. The van der Waals surface area contributed by atoms with E-state index < -0.39 is 0 Å². The van der Waals surface area contributed by atoms with Crippen molar-refractivity contribution >= 4 is 28.9 Å². The largest absolute Gasteiger partial charge is 0.385 e. The highest BCUT2D eigenvalue weighted by Crippen LogP contribution is 2.23. The van der Waals surface area contributed by atoms with Crippen LogP contribution in [0.4, 0.5) is 5.95 Å². The van der Waals surface area contributed by atoms with Crippen molar-refractivity contribution < 1.29 is 14.3 Å². The number of nitriles is 1. The summed E-state index contributed by atoms with van der Waals surface area (Å²) in [5.41, 5.74) is 2.36. The molecule has 33 heavy (non-hydrogen) atoms. The Balaban J connectivity index is 1.66. The zero-order chi connectivity index (χ0) is 23.4. The Morgan fingerprint density at radius 1 is 1.30 bits per heavy atom. The lowest BCUT2D eigenvalue weighted by molar-refractivity contribution is 0.0747. The lowest BCUT2D eigenvalue weighted by atomic mass is 10.1. The van der Waals surface area contributed by atoms with Crippen LogP contribution in [0.5, 0.6) is 0 Å². The summed E-state index contributed by atoms with van der Waals surface area (Å²) in [5.74, 6) is -0.0973. The molecular formula is C24H26N6O3. The van der Waals surface area contributed by atoms with Crippen LogP contribution in [-0.2, 0) is 11.3 Å². The van der Waals surface area contributed by atoms with Gasteiger partial charge in [0.2, 0.25) is 5.95 Å². The number of fused-ring (bicyclic) bond motifs is 1. The number of nitrogens with zero attached hydrogens (tertiary/aromatic N) is 5. The Morgan fingerprint density at radius 3 is 2.88 bits per heavy atom. The molecule has 0 spiro atoms. The van der Waals surface area contributed by atoms with E-state index in [4.69, 9.17) is 10.00 Å². The number of likely N-dealkylation sites (tertiary alicyclic amines) is 1. The Hall–Kier alpha value is -3.77. The van der Waals surface area contributed by atoms with Gasteiger partial charge >= 0.3 is 0 Å². The third kappa shape index (κ3) is 4.71. The van der Waals surface area contributed by atoms with Crippen molar-refractivity contribution in [2.24, 2.45) is 0 Å². The first kappa shape index (κ1) is 22.4. The molecule has 3 aromatic rings. The van der Waals surface area contributed by atoms with Gasteiger partial charge in [-0.2, -0.15) is 5.26 Å². The molecule has 4 rings (SSSR count). The van der Waals surface area contributed by atoms with E-state index in [9.17, 15) is 9.59 Å². The van der Waals surface area contributed by atoms with Crippen molar-refractivity contribution in [3.8, 4) is 6.07 Å². The van der Waals surface area contributed by atoms with Crippen LogP contribution in [-0.4, -0.2) is 57.6 Å². The van der Waals surface area contributed by atoms with Gasteiger partial charge in [-0.1, -0.05) is 6.07 Å². The Labute approximate surface area is 192 Å². The lowest BCUT2D eigenvalue weighted by Gasteiger charge is -2.21. The molecule has 9 nitrogen and oxygen atoms in total. The quantitative estimate of drug-likeness (QED) is 0.558. The Bertz CT molecular complexity index is 1230. The summed E-state index contributed by atoms with van der Waals surface area (Å²) in [4.78, 5) is 36.8. The normalized spacial score (nSPS) is 15.5. The highest BCUT2D eigenvalue weighted by Gasteiger charge is 2.27. The monoisotopic (exact) mass is 446 g/mol. The van der Waals surface area contributed by atoms with Crippen molar-refractivity contribution in [1.29, 1.82) is 5.26 Å². The molecule has 2 aromatic heterocycles. The molecule has 1 aliphatic rings. The van der Waals surface area contributed by atoms with Crippen molar-refractivity contribution in [2.75, 3.05) is 25.6 Å². The van der Waals surface area contributed by atoms with Gasteiger partial charge in [0.15, 0.2) is 5.65 Å². The summed E-state index contributed by atoms with van der Waals surface area (Å²) in [6.07, 6.45) is 4.27. The summed E-state index contributed by atoms with van der Waals surface area (Å²) in [6.45, 7) is 3.87. The second kappa shape index (κ2) is 9.79. The van der Waals surface area contributed by atoms with Gasteiger partial charge in [-0.15, -0.1) is 0 Å². The van der Waals surface area contributed by atoms with Crippen LogP contribution in [0.3, 0.4) is 0 Å². The molecular weight excluding hydrogens is 420 g/mol. The average molecular weight is 447 g/mol. The molecule has 1 fully saturated rings. The predicted molar refractivity (Wildman–Crippen MR) is 123 cm³/mol. The van der Waals surface area contributed by atoms with E-state index in [1.807, 2.05) is 15.5 Å². The van der Waals surface area contributed by atoms with Crippen LogP contribution in [0.25, 0.3) is 11.2 Å². The second-order valence-corrected chi connectivity index (χ2v) is 8.14. The number of benzene rings is 1. The number of hydrogen-bond acceptors (Lipinski definition) is 6. The first-order valence-corrected chi connectivity index (χ1v) is 11.0. The fourth-order valence-electron chi connectivity index (χ4n) is 4.11. The molecule has 1 saturated heterocycles. The highest BCUT2D eigenvalue weighted by molar-refractivity contribution is 6.04. The lowest BCUT2D eigenvalue weighted by Crippen LogP contribution is -2.33. The number of methoxy groups -OCH3 is 1. The van der Waals surface area contributed by atoms with E-state index in [1.54, 1.807) is 37.6 Å². The van der Waals surface area contributed by atoms with Crippen LogP contribution in [0.1, 0.15) is 52.5 Å². The third-order valence-electron chi connectivity index (χ3n) is 5.86. The van der Waals surface area contributed by atoms with Crippen LogP contribution in [0, 0.1) is 11.3 Å². The van der Waals surface area contributed by atoms with Gasteiger partial charge in [0, 0.05) is 44.6 Å². The zero-order valence-electron chi connectivity index (χ0n) is 18.7. The third-order valence-corrected chi connectivity index (χ3v) is 5.86. The number of aromatic nitrogens is 3. The van der Waals surface area contributed by atoms with Crippen molar-refractivity contribution in [3.05, 3.63) is 53.2 Å². The summed E-state index contributed by atoms with van der Waals surface area (Å²) in [7, 11) is 1.63. The summed E-state index contributed by atoms with van der Waals surface area (Å²) in [5, 5.41) is 11.9. The minimum absolute atomic E-state index is 0.0535. The number of nitrogens with one attached hydrogen (secondary N) is 1. The topological polar surface area (TPSA) is 113 Å². The molecule has 2 amide bonds. The molecule has 0 saturated carbocycles. The molecule has 9 heteroatoms. The summed E-state index contributed by atoms with van der Waals surface area (Å²) in [6, 6.07) is 10.4. The number of aryl methyl sites for hydroxylation is 1. The highest BCUT2D eigenvalue weighted by atomic mass is 16.5. The summed E-state index contributed by atoms with van der Waals surface area (Å²) >= 11 is 0. The second-order valence-electron chi connectivity index (χ2n) is 8.14. The van der Waals surface area contributed by atoms with E-state index in [2.05, 4.69) is 22.2 Å². The van der Waals surface area contributed by atoms with Crippen molar-refractivity contribution in [2.45, 2.75) is 38.8 Å². The number of carbonyl (C=O) groups excluding carboxylic acids is 2. The number of anilines is 1. The van der Waals surface area contributed by atoms with E-state index in [0.717, 1.165) is 19.4 Å². The van der Waals surface area contributed by atoms with Gasteiger partial charge in [-0.25, -0.2) is 9.97 Å². The van der Waals surface area contributed by atoms with Gasteiger partial charge in [-0.05, 0) is 50.5 Å². The van der Waals surface area contributed by atoms with Gasteiger partial charge in [0.25, 0.3) is 11.8 Å².